The minimum absolute atomic E-state index is 0.0564. The molecule has 1 aliphatic rings. The molecule has 8 heteroatoms. The van der Waals surface area contributed by atoms with Crippen LogP contribution in [0.2, 0.25) is 0 Å². The van der Waals surface area contributed by atoms with E-state index < -0.39 is 10.0 Å². The van der Waals surface area contributed by atoms with Crippen LogP contribution in [0, 0.1) is 5.92 Å². The van der Waals surface area contributed by atoms with Gasteiger partial charge in [-0.2, -0.15) is 0 Å². The average Bonchev–Trinajstić information content (AvgIpc) is 2.81. The van der Waals surface area contributed by atoms with Crippen LogP contribution >= 0.6 is 0 Å². The van der Waals surface area contributed by atoms with Gasteiger partial charge in [-0.1, -0.05) is 45.9 Å². The van der Waals surface area contributed by atoms with Crippen LogP contribution in [0.3, 0.4) is 0 Å². The Morgan fingerprint density at radius 1 is 1.03 bits per heavy atom. The van der Waals surface area contributed by atoms with Crippen molar-refractivity contribution in [3.8, 4) is 0 Å². The van der Waals surface area contributed by atoms with Crippen LogP contribution in [0.15, 0.2) is 53.4 Å². The van der Waals surface area contributed by atoms with Gasteiger partial charge in [0.05, 0.1) is 4.90 Å². The summed E-state index contributed by atoms with van der Waals surface area (Å²) in [5, 5.41) is 2.92. The van der Waals surface area contributed by atoms with Gasteiger partial charge < -0.3 is 10.2 Å². The van der Waals surface area contributed by atoms with E-state index in [1.807, 2.05) is 19.1 Å². The smallest absolute Gasteiger partial charge is 0.261 e. The van der Waals surface area contributed by atoms with Crippen molar-refractivity contribution >= 4 is 27.5 Å². The number of anilines is 1. The Morgan fingerprint density at radius 2 is 1.68 bits per heavy atom. The Hall–Kier alpha value is -2.87. The van der Waals surface area contributed by atoms with Crippen LogP contribution in [0.1, 0.15) is 62.9 Å². The maximum absolute atomic E-state index is 13.0. The average molecular weight is 486 g/mol. The second-order valence-corrected chi connectivity index (χ2v) is 11.5. The maximum atomic E-state index is 13.0. The Balaban J connectivity index is 1.65. The van der Waals surface area contributed by atoms with Gasteiger partial charge in [-0.15, -0.1) is 0 Å². The molecule has 0 spiro atoms. The molecule has 0 saturated carbocycles. The lowest BCUT2D eigenvalue weighted by Crippen LogP contribution is -2.43. The molecule has 1 heterocycles. The minimum Gasteiger partial charge on any atom is -0.356 e. The van der Waals surface area contributed by atoms with Crippen LogP contribution < -0.4 is 10.0 Å². The molecule has 34 heavy (non-hydrogen) atoms. The first-order valence-electron chi connectivity index (χ1n) is 11.8. The van der Waals surface area contributed by atoms with Gasteiger partial charge in [-0.3, -0.25) is 14.3 Å². The normalized spacial score (nSPS) is 15.1. The molecule has 2 aromatic carbocycles. The van der Waals surface area contributed by atoms with Gasteiger partial charge in [-0.05, 0) is 60.6 Å². The van der Waals surface area contributed by atoms with Crippen LogP contribution in [-0.4, -0.2) is 44.8 Å². The molecule has 184 valence electrons. The lowest BCUT2D eigenvalue weighted by Gasteiger charge is -2.31. The summed E-state index contributed by atoms with van der Waals surface area (Å²) < 4.78 is 28.3. The number of likely N-dealkylation sites (tertiary alicyclic amines) is 1. The van der Waals surface area contributed by atoms with Gasteiger partial charge in [0.1, 0.15) is 0 Å². The zero-order valence-corrected chi connectivity index (χ0v) is 21.2. The van der Waals surface area contributed by atoms with E-state index in [-0.39, 0.29) is 28.0 Å². The van der Waals surface area contributed by atoms with Crippen LogP contribution in [0.4, 0.5) is 5.69 Å². The molecule has 1 fully saturated rings. The highest BCUT2D eigenvalue weighted by Crippen LogP contribution is 2.25. The summed E-state index contributed by atoms with van der Waals surface area (Å²) in [7, 11) is -3.79. The second kappa shape index (κ2) is 10.6. The number of benzene rings is 2. The standard InChI is InChI=1S/C26H35N3O4S/c1-5-15-27-24(30)19-13-16-29(17-14-19)25(31)20-7-6-8-22(18-20)28-34(32,33)23-11-9-21(10-12-23)26(2,3)4/h6-12,18-19,28H,5,13-17H2,1-4H3,(H,27,30). The fourth-order valence-electron chi connectivity index (χ4n) is 3.98. The van der Waals surface area contributed by atoms with E-state index in [1.54, 1.807) is 41.3 Å². The first-order chi connectivity index (χ1) is 16.0. The number of hydrogen-bond donors (Lipinski definition) is 2. The number of nitrogens with zero attached hydrogens (tertiary/aromatic N) is 1. The van der Waals surface area contributed by atoms with Crippen molar-refractivity contribution in [2.75, 3.05) is 24.4 Å². The highest BCUT2D eigenvalue weighted by atomic mass is 32.2. The number of sulfonamides is 1. The Morgan fingerprint density at radius 3 is 2.26 bits per heavy atom. The quantitative estimate of drug-likeness (QED) is 0.615. The molecule has 3 rings (SSSR count). The van der Waals surface area contributed by atoms with Gasteiger partial charge in [0.2, 0.25) is 5.91 Å². The molecule has 2 N–H and O–H groups in total. The molecule has 1 saturated heterocycles. The SMILES string of the molecule is CCCNC(=O)C1CCN(C(=O)c2cccc(NS(=O)(=O)c3ccc(C(C)(C)C)cc3)c2)CC1. The van der Waals surface area contributed by atoms with E-state index in [9.17, 15) is 18.0 Å². The summed E-state index contributed by atoms with van der Waals surface area (Å²) >= 11 is 0. The molecule has 7 nitrogen and oxygen atoms in total. The highest BCUT2D eigenvalue weighted by molar-refractivity contribution is 7.92. The first kappa shape index (κ1) is 25.7. The van der Waals surface area contributed by atoms with Crippen molar-refractivity contribution in [3.63, 3.8) is 0 Å². The Labute approximate surface area is 203 Å². The van der Waals surface area contributed by atoms with Gasteiger partial charge in [0, 0.05) is 36.8 Å². The summed E-state index contributed by atoms with van der Waals surface area (Å²) in [6.07, 6.45) is 2.14. The van der Waals surface area contributed by atoms with Gasteiger partial charge in [0.25, 0.3) is 15.9 Å². The van der Waals surface area contributed by atoms with Crippen molar-refractivity contribution in [1.82, 2.24) is 10.2 Å². The van der Waals surface area contributed by atoms with Crippen molar-refractivity contribution in [1.29, 1.82) is 0 Å². The summed E-state index contributed by atoms with van der Waals surface area (Å²) in [4.78, 5) is 27.1. The highest BCUT2D eigenvalue weighted by Gasteiger charge is 2.28. The number of rotatable bonds is 7. The largest absolute Gasteiger partial charge is 0.356 e. The number of amides is 2. The topological polar surface area (TPSA) is 95.6 Å². The maximum Gasteiger partial charge on any atom is 0.261 e. The molecular formula is C26H35N3O4S. The molecule has 0 unspecified atom stereocenters. The zero-order chi connectivity index (χ0) is 24.9. The van der Waals surface area contributed by atoms with Crippen molar-refractivity contribution in [2.24, 2.45) is 5.92 Å². The van der Waals surface area contributed by atoms with Gasteiger partial charge in [-0.25, -0.2) is 8.42 Å². The number of nitrogens with one attached hydrogen (secondary N) is 2. The van der Waals surface area contributed by atoms with E-state index in [4.69, 9.17) is 0 Å². The summed E-state index contributed by atoms with van der Waals surface area (Å²) in [6, 6.07) is 13.4. The lowest BCUT2D eigenvalue weighted by molar-refractivity contribution is -0.126. The fraction of sp³-hybridized carbons (Fsp3) is 0.462. The molecule has 2 amide bonds. The van der Waals surface area contributed by atoms with Crippen molar-refractivity contribution < 1.29 is 18.0 Å². The molecule has 0 aliphatic carbocycles. The molecular weight excluding hydrogens is 450 g/mol. The number of carbonyl (C=O) groups is 2. The van der Waals surface area contributed by atoms with E-state index in [0.717, 1.165) is 12.0 Å². The summed E-state index contributed by atoms with van der Waals surface area (Å²) in [6.45, 7) is 9.89. The second-order valence-electron chi connectivity index (χ2n) is 9.82. The molecule has 2 aromatic rings. The van der Waals surface area contributed by atoms with E-state index in [0.29, 0.717) is 43.7 Å². The minimum atomic E-state index is -3.79. The number of carbonyl (C=O) groups excluding carboxylic acids is 2. The zero-order valence-electron chi connectivity index (χ0n) is 20.4. The fourth-order valence-corrected chi connectivity index (χ4v) is 5.03. The van der Waals surface area contributed by atoms with Crippen LogP contribution in [-0.2, 0) is 20.2 Å². The van der Waals surface area contributed by atoms with Crippen molar-refractivity contribution in [3.05, 3.63) is 59.7 Å². The Bertz CT molecular complexity index is 1110. The van der Waals surface area contributed by atoms with E-state index in [2.05, 4.69) is 30.8 Å². The van der Waals surface area contributed by atoms with Gasteiger partial charge >= 0.3 is 0 Å². The molecule has 1 aliphatic heterocycles. The molecule has 0 aromatic heterocycles. The van der Waals surface area contributed by atoms with Crippen LogP contribution in [0.25, 0.3) is 0 Å². The van der Waals surface area contributed by atoms with E-state index >= 15 is 0 Å². The van der Waals surface area contributed by atoms with Crippen LogP contribution in [0.5, 0.6) is 0 Å². The number of piperidine rings is 1. The monoisotopic (exact) mass is 485 g/mol. The number of hydrogen-bond acceptors (Lipinski definition) is 4. The summed E-state index contributed by atoms with van der Waals surface area (Å²) in [5.41, 5.74) is 1.72. The third-order valence-electron chi connectivity index (χ3n) is 6.09. The van der Waals surface area contributed by atoms with E-state index in [1.165, 1.54) is 0 Å². The van der Waals surface area contributed by atoms with Crippen molar-refractivity contribution in [2.45, 2.75) is 57.3 Å². The van der Waals surface area contributed by atoms with Gasteiger partial charge in [0.15, 0.2) is 0 Å². The molecule has 0 atom stereocenters. The summed E-state index contributed by atoms with van der Waals surface area (Å²) in [5.74, 6) is -0.178. The third-order valence-corrected chi connectivity index (χ3v) is 7.49. The third kappa shape index (κ3) is 6.38. The predicted octanol–water partition coefficient (Wildman–Crippen LogP) is 4.16. The predicted molar refractivity (Wildman–Crippen MR) is 134 cm³/mol. The Kier molecular flexibility index (Phi) is 8.02. The first-order valence-corrected chi connectivity index (χ1v) is 13.3. The molecule has 0 radical (unpaired) electrons. The lowest BCUT2D eigenvalue weighted by atomic mass is 9.87. The molecule has 0 bridgehead atoms.